The summed E-state index contributed by atoms with van der Waals surface area (Å²) in [4.78, 5) is 23.9. The lowest BCUT2D eigenvalue weighted by atomic mass is 9.74. The molecule has 1 aliphatic carbocycles. The Morgan fingerprint density at radius 3 is 2.69 bits per heavy atom. The number of rotatable bonds is 5. The normalized spacial score (nSPS) is 18.7. The summed E-state index contributed by atoms with van der Waals surface area (Å²) in [5.74, 6) is -0.656. The summed E-state index contributed by atoms with van der Waals surface area (Å²) in [5.41, 5.74) is 1.80. The van der Waals surface area contributed by atoms with E-state index in [-0.39, 0.29) is 23.2 Å². The van der Waals surface area contributed by atoms with Gasteiger partial charge in [-0.2, -0.15) is 5.26 Å². The number of fused-ring (bicyclic) bond motifs is 1. The zero-order chi connectivity index (χ0) is 24.3. The number of hydrogen-bond acceptors (Lipinski definition) is 5. The van der Waals surface area contributed by atoms with Crippen molar-refractivity contribution in [2.24, 2.45) is 0 Å². The van der Waals surface area contributed by atoms with E-state index in [2.05, 4.69) is 26.3 Å². The molecular formula is C28H30FN5O. The van der Waals surface area contributed by atoms with Crippen LogP contribution in [0.15, 0.2) is 48.8 Å². The maximum atomic E-state index is 14.7. The highest BCUT2D eigenvalue weighted by atomic mass is 19.1. The fourth-order valence-corrected chi connectivity index (χ4v) is 5.48. The van der Waals surface area contributed by atoms with Gasteiger partial charge in [0.15, 0.2) is 0 Å². The number of hydrogen-bond donors (Lipinski definition) is 1. The van der Waals surface area contributed by atoms with Gasteiger partial charge in [0.2, 0.25) is 0 Å². The van der Waals surface area contributed by atoms with Gasteiger partial charge in [0.25, 0.3) is 5.91 Å². The monoisotopic (exact) mass is 471 g/mol. The Morgan fingerprint density at radius 2 is 1.97 bits per heavy atom. The van der Waals surface area contributed by atoms with Crippen LogP contribution >= 0.6 is 0 Å². The molecule has 1 saturated carbocycles. The minimum absolute atomic E-state index is 0.159. The number of halogens is 1. The van der Waals surface area contributed by atoms with E-state index in [9.17, 15) is 14.4 Å². The summed E-state index contributed by atoms with van der Waals surface area (Å²) in [5, 5.41) is 13.8. The van der Waals surface area contributed by atoms with Gasteiger partial charge in [0, 0.05) is 43.5 Å². The predicted octanol–water partition coefficient (Wildman–Crippen LogP) is 4.89. The van der Waals surface area contributed by atoms with E-state index >= 15 is 0 Å². The molecule has 6 nitrogen and oxygen atoms in total. The first-order valence-electron chi connectivity index (χ1n) is 12.5. The van der Waals surface area contributed by atoms with Crippen LogP contribution in [0.5, 0.6) is 0 Å². The van der Waals surface area contributed by atoms with Gasteiger partial charge in [-0.1, -0.05) is 37.5 Å². The maximum Gasteiger partial charge on any atom is 0.270 e. The number of nitriles is 1. The fraction of sp³-hybridized carbons (Fsp3) is 0.429. The zero-order valence-corrected chi connectivity index (χ0v) is 19.8. The van der Waals surface area contributed by atoms with Crippen LogP contribution in [0.2, 0.25) is 0 Å². The first-order valence-corrected chi connectivity index (χ1v) is 12.5. The minimum atomic E-state index is -0.539. The number of carbonyl (C=O) groups excluding carboxylic acids is 1. The van der Waals surface area contributed by atoms with E-state index in [4.69, 9.17) is 0 Å². The van der Waals surface area contributed by atoms with Crippen LogP contribution in [-0.2, 0) is 12.0 Å². The molecule has 2 aromatic heterocycles. The average molecular weight is 472 g/mol. The fourth-order valence-electron chi connectivity index (χ4n) is 5.48. The third kappa shape index (κ3) is 4.89. The van der Waals surface area contributed by atoms with E-state index in [1.54, 1.807) is 18.5 Å². The molecule has 2 fully saturated rings. The van der Waals surface area contributed by atoms with Crippen molar-refractivity contribution in [2.45, 2.75) is 62.9 Å². The first kappa shape index (κ1) is 23.4. The summed E-state index contributed by atoms with van der Waals surface area (Å²) in [7, 11) is 0. The number of amides is 1. The molecular weight excluding hydrogens is 441 g/mol. The Morgan fingerprint density at radius 1 is 1.17 bits per heavy atom. The van der Waals surface area contributed by atoms with Crippen LogP contribution in [0.25, 0.3) is 10.9 Å². The summed E-state index contributed by atoms with van der Waals surface area (Å²) >= 11 is 0. The summed E-state index contributed by atoms with van der Waals surface area (Å²) in [6.07, 6.45) is 10.3. The Balaban J connectivity index is 1.37. The molecule has 1 N–H and O–H groups in total. The Kier molecular flexibility index (Phi) is 6.74. The smallest absolute Gasteiger partial charge is 0.270 e. The zero-order valence-electron chi connectivity index (χ0n) is 19.8. The minimum Gasteiger partial charge on any atom is -0.348 e. The molecule has 0 unspecified atom stereocenters. The molecule has 0 atom stereocenters. The largest absolute Gasteiger partial charge is 0.348 e. The van der Waals surface area contributed by atoms with Gasteiger partial charge in [-0.05, 0) is 55.0 Å². The standard InChI is InChI=1S/C28H30FN5O/c29-24-10-4-9-23-20(16-25(33-26(23)24)27(35)32-22-7-2-1-3-8-22)18-34-14-11-28(19-30,12-15-34)21-6-5-13-31-17-21/h4-6,9-10,13,16-17,22H,1-3,7-8,11-12,14-15,18H2,(H,32,35). The molecule has 180 valence electrons. The second kappa shape index (κ2) is 10.1. The number of benzene rings is 1. The summed E-state index contributed by atoms with van der Waals surface area (Å²) in [6, 6.07) is 13.3. The molecule has 1 saturated heterocycles. The van der Waals surface area contributed by atoms with Gasteiger partial charge >= 0.3 is 0 Å². The van der Waals surface area contributed by atoms with Crippen LogP contribution in [0, 0.1) is 17.1 Å². The summed E-state index contributed by atoms with van der Waals surface area (Å²) < 4.78 is 14.7. The molecule has 0 spiro atoms. The second-order valence-electron chi connectivity index (χ2n) is 9.82. The van der Waals surface area contributed by atoms with Crippen molar-refractivity contribution in [3.05, 3.63) is 71.4 Å². The summed E-state index contributed by atoms with van der Waals surface area (Å²) in [6.45, 7) is 2.02. The number of pyridine rings is 2. The maximum absolute atomic E-state index is 14.7. The second-order valence-corrected chi connectivity index (χ2v) is 9.82. The van der Waals surface area contributed by atoms with Crippen molar-refractivity contribution in [1.82, 2.24) is 20.2 Å². The highest BCUT2D eigenvalue weighted by molar-refractivity contribution is 5.96. The lowest BCUT2D eigenvalue weighted by Crippen LogP contribution is -2.41. The number of para-hydroxylation sites is 1. The van der Waals surface area contributed by atoms with Gasteiger partial charge in [-0.25, -0.2) is 9.37 Å². The molecule has 35 heavy (non-hydrogen) atoms. The molecule has 0 bridgehead atoms. The van der Waals surface area contributed by atoms with Crippen LogP contribution in [0.4, 0.5) is 4.39 Å². The predicted molar refractivity (Wildman–Crippen MR) is 132 cm³/mol. The highest BCUT2D eigenvalue weighted by Gasteiger charge is 2.36. The van der Waals surface area contributed by atoms with E-state index in [1.165, 1.54) is 12.5 Å². The van der Waals surface area contributed by atoms with Crippen LogP contribution in [0.3, 0.4) is 0 Å². The molecule has 1 aromatic carbocycles. The lowest BCUT2D eigenvalue weighted by molar-refractivity contribution is 0.0922. The van der Waals surface area contributed by atoms with Crippen molar-refractivity contribution < 1.29 is 9.18 Å². The number of aromatic nitrogens is 2. The molecule has 5 rings (SSSR count). The Labute approximate surface area is 205 Å². The van der Waals surface area contributed by atoms with Crippen molar-refractivity contribution in [1.29, 1.82) is 5.26 Å². The Bertz CT molecular complexity index is 1240. The van der Waals surface area contributed by atoms with Gasteiger partial charge in [-0.3, -0.25) is 14.7 Å². The van der Waals surface area contributed by atoms with Gasteiger partial charge in [0.1, 0.15) is 17.0 Å². The number of nitrogens with one attached hydrogen (secondary N) is 1. The SMILES string of the molecule is N#CC1(c2cccnc2)CCN(Cc2cc(C(=O)NC3CCCCC3)nc3c(F)cccc23)CC1. The highest BCUT2D eigenvalue weighted by Crippen LogP contribution is 2.35. The molecule has 7 heteroatoms. The van der Waals surface area contributed by atoms with Crippen molar-refractivity contribution >= 4 is 16.8 Å². The van der Waals surface area contributed by atoms with E-state index in [0.717, 1.165) is 55.3 Å². The quantitative estimate of drug-likeness (QED) is 0.573. The molecule has 3 aromatic rings. The van der Waals surface area contributed by atoms with E-state index < -0.39 is 11.2 Å². The van der Waals surface area contributed by atoms with Crippen LogP contribution in [0.1, 0.15) is 66.6 Å². The van der Waals surface area contributed by atoms with Crippen LogP contribution in [-0.4, -0.2) is 39.9 Å². The molecule has 1 aliphatic heterocycles. The third-order valence-corrected chi connectivity index (χ3v) is 7.58. The number of piperidine rings is 1. The number of nitrogens with zero attached hydrogens (tertiary/aromatic N) is 4. The number of carbonyl (C=O) groups is 1. The lowest BCUT2D eigenvalue weighted by Gasteiger charge is -2.37. The molecule has 0 radical (unpaired) electrons. The van der Waals surface area contributed by atoms with Gasteiger partial charge in [0.05, 0.1) is 11.5 Å². The average Bonchev–Trinajstić information content (AvgIpc) is 2.91. The molecule has 3 heterocycles. The molecule has 1 amide bonds. The molecule has 2 aliphatic rings. The van der Waals surface area contributed by atoms with Crippen molar-refractivity contribution in [3.8, 4) is 6.07 Å². The number of likely N-dealkylation sites (tertiary alicyclic amines) is 1. The Hall–Kier alpha value is -3.37. The topological polar surface area (TPSA) is 81.9 Å². The van der Waals surface area contributed by atoms with Crippen molar-refractivity contribution in [3.63, 3.8) is 0 Å². The van der Waals surface area contributed by atoms with Gasteiger partial charge in [-0.15, -0.1) is 0 Å². The van der Waals surface area contributed by atoms with E-state index in [1.807, 2.05) is 24.3 Å². The first-order chi connectivity index (χ1) is 17.1. The van der Waals surface area contributed by atoms with E-state index in [0.29, 0.717) is 19.4 Å². The van der Waals surface area contributed by atoms with Gasteiger partial charge < -0.3 is 5.32 Å². The van der Waals surface area contributed by atoms with Crippen LogP contribution < -0.4 is 5.32 Å². The van der Waals surface area contributed by atoms with Crippen molar-refractivity contribution in [2.75, 3.05) is 13.1 Å². The third-order valence-electron chi connectivity index (χ3n) is 7.58.